The molecule has 0 bridgehead atoms. The molecule has 196 valence electrons. The fourth-order valence-corrected chi connectivity index (χ4v) is 9.29. The van der Waals surface area contributed by atoms with Gasteiger partial charge in [0.2, 0.25) is 0 Å². The zero-order chi connectivity index (χ0) is 25.2. The van der Waals surface area contributed by atoms with Crippen molar-refractivity contribution in [1.29, 1.82) is 0 Å². The smallest absolute Gasteiger partial charge is 0.0857 e. The van der Waals surface area contributed by atoms with Crippen molar-refractivity contribution in [3.63, 3.8) is 0 Å². The van der Waals surface area contributed by atoms with E-state index in [-0.39, 0.29) is 54.0 Å². The summed E-state index contributed by atoms with van der Waals surface area (Å²) in [5.41, 5.74) is -1.93. The Morgan fingerprint density at radius 2 is 1.53 bits per heavy atom. The van der Waals surface area contributed by atoms with Crippen LogP contribution in [0.2, 0.25) is 0 Å². The second-order valence-electron chi connectivity index (χ2n) is 13.1. The zero-order valence-electron chi connectivity index (χ0n) is 21.6. The molecule has 14 atom stereocenters. The molecule has 0 radical (unpaired) electrons. The molecule has 4 aliphatic rings. The van der Waals surface area contributed by atoms with E-state index >= 15 is 0 Å². The summed E-state index contributed by atoms with van der Waals surface area (Å²) in [5.74, 6) is -0.0201. The van der Waals surface area contributed by atoms with Crippen LogP contribution in [0.1, 0.15) is 73.1 Å². The summed E-state index contributed by atoms with van der Waals surface area (Å²) in [6.45, 7) is 10.8. The van der Waals surface area contributed by atoms with E-state index in [1.165, 1.54) is 0 Å². The minimum Gasteiger partial charge on any atom is -0.396 e. The van der Waals surface area contributed by atoms with Crippen LogP contribution in [-0.4, -0.2) is 67.3 Å². The van der Waals surface area contributed by atoms with Gasteiger partial charge in [0.05, 0.1) is 30.0 Å². The van der Waals surface area contributed by atoms with Crippen LogP contribution >= 0.6 is 0 Å². The molecule has 4 rings (SSSR count). The molecule has 0 saturated heterocycles. The highest BCUT2D eigenvalue weighted by Crippen LogP contribution is 2.69. The lowest BCUT2D eigenvalue weighted by molar-refractivity contribution is -0.280. The molecular formula is C28H48O6. The number of hydrogen-bond donors (Lipinski definition) is 6. The molecule has 6 heteroatoms. The Labute approximate surface area is 205 Å². The first kappa shape index (κ1) is 26.6. The van der Waals surface area contributed by atoms with Crippen LogP contribution < -0.4 is 0 Å². The van der Waals surface area contributed by atoms with Gasteiger partial charge in [-0.3, -0.25) is 0 Å². The molecule has 0 aromatic carbocycles. The third kappa shape index (κ3) is 3.83. The van der Waals surface area contributed by atoms with Crippen molar-refractivity contribution in [2.24, 2.45) is 52.3 Å². The Hall–Kier alpha value is -0.500. The molecule has 0 aromatic heterocycles. The lowest BCUT2D eigenvalue weighted by atomic mass is 9.41. The van der Waals surface area contributed by atoms with Gasteiger partial charge in [-0.15, -0.1) is 0 Å². The van der Waals surface area contributed by atoms with E-state index < -0.39 is 41.3 Å². The van der Waals surface area contributed by atoms with Crippen LogP contribution in [0.4, 0.5) is 0 Å². The number of rotatable bonds is 5. The van der Waals surface area contributed by atoms with Gasteiger partial charge in [0, 0.05) is 24.9 Å². The normalized spacial score (nSPS) is 53.6. The molecule has 6 N–H and O–H groups in total. The van der Waals surface area contributed by atoms with Crippen molar-refractivity contribution >= 4 is 0 Å². The van der Waals surface area contributed by atoms with Crippen LogP contribution in [0.3, 0.4) is 0 Å². The maximum atomic E-state index is 12.3. The zero-order valence-corrected chi connectivity index (χ0v) is 21.6. The first-order valence-electron chi connectivity index (χ1n) is 13.5. The highest BCUT2D eigenvalue weighted by molar-refractivity contribution is 5.21. The Bertz CT molecular complexity index is 772. The van der Waals surface area contributed by atoms with Gasteiger partial charge in [0.1, 0.15) is 0 Å². The number of aliphatic hydroxyl groups excluding tert-OH is 5. The van der Waals surface area contributed by atoms with E-state index in [1.807, 2.05) is 6.92 Å². The Morgan fingerprint density at radius 1 is 0.882 bits per heavy atom. The lowest BCUT2D eigenvalue weighted by Gasteiger charge is -2.66. The van der Waals surface area contributed by atoms with Crippen LogP contribution in [0.25, 0.3) is 0 Å². The van der Waals surface area contributed by atoms with E-state index in [2.05, 4.69) is 39.8 Å². The fraction of sp³-hybridized carbons (Fsp3) is 0.929. The van der Waals surface area contributed by atoms with Crippen molar-refractivity contribution in [3.05, 3.63) is 12.2 Å². The molecular weight excluding hydrogens is 432 g/mol. The quantitative estimate of drug-likeness (QED) is 0.336. The number of fused-ring (bicyclic) bond motifs is 5. The van der Waals surface area contributed by atoms with Crippen molar-refractivity contribution in [3.8, 4) is 0 Å². The van der Waals surface area contributed by atoms with E-state index in [0.717, 1.165) is 12.8 Å². The maximum Gasteiger partial charge on any atom is 0.0857 e. The summed E-state index contributed by atoms with van der Waals surface area (Å²) in [4.78, 5) is 0. The van der Waals surface area contributed by atoms with Gasteiger partial charge in [-0.2, -0.15) is 0 Å². The topological polar surface area (TPSA) is 121 Å². The summed E-state index contributed by atoms with van der Waals surface area (Å²) in [5, 5.41) is 65.5. The number of aliphatic hydroxyl groups is 6. The predicted octanol–water partition coefficient (Wildman–Crippen LogP) is 2.49. The summed E-state index contributed by atoms with van der Waals surface area (Å²) < 4.78 is 0. The van der Waals surface area contributed by atoms with Gasteiger partial charge in [0.25, 0.3) is 0 Å². The SMILES string of the molecule is CC(/C=C/C(C)C1C[C@@H](O)C2[C@]1(C)CCC1[C@@]3(C)CC[C@H](O)[C@H](O)C3C(O)C[C@]12O)C(C)CO. The Kier molecular flexibility index (Phi) is 7.12. The highest BCUT2D eigenvalue weighted by atomic mass is 16.3. The number of allylic oxidation sites excluding steroid dienone is 2. The van der Waals surface area contributed by atoms with Crippen molar-refractivity contribution in [1.82, 2.24) is 0 Å². The third-order valence-corrected chi connectivity index (χ3v) is 11.3. The summed E-state index contributed by atoms with van der Waals surface area (Å²) in [6, 6.07) is 0. The molecule has 0 aromatic rings. The first-order valence-corrected chi connectivity index (χ1v) is 13.5. The molecule has 0 heterocycles. The second kappa shape index (κ2) is 9.11. The van der Waals surface area contributed by atoms with Gasteiger partial charge in [-0.05, 0) is 72.5 Å². The summed E-state index contributed by atoms with van der Waals surface area (Å²) in [6.07, 6.45) is 4.61. The van der Waals surface area contributed by atoms with Gasteiger partial charge in [0.15, 0.2) is 0 Å². The lowest BCUT2D eigenvalue weighted by Crippen LogP contribution is -2.70. The molecule has 4 aliphatic carbocycles. The van der Waals surface area contributed by atoms with Crippen LogP contribution in [-0.2, 0) is 0 Å². The van der Waals surface area contributed by atoms with Crippen LogP contribution in [0.5, 0.6) is 0 Å². The predicted molar refractivity (Wildman–Crippen MR) is 131 cm³/mol. The van der Waals surface area contributed by atoms with Crippen LogP contribution in [0, 0.1) is 52.3 Å². The molecule has 0 spiro atoms. The first-order chi connectivity index (χ1) is 15.8. The Balaban J connectivity index is 1.63. The average molecular weight is 481 g/mol. The number of hydrogen-bond acceptors (Lipinski definition) is 6. The van der Waals surface area contributed by atoms with Gasteiger partial charge < -0.3 is 30.6 Å². The van der Waals surface area contributed by atoms with Crippen molar-refractivity contribution in [2.45, 2.75) is 103 Å². The van der Waals surface area contributed by atoms with E-state index in [1.54, 1.807) is 0 Å². The Morgan fingerprint density at radius 3 is 2.18 bits per heavy atom. The summed E-state index contributed by atoms with van der Waals surface area (Å²) >= 11 is 0. The van der Waals surface area contributed by atoms with Crippen molar-refractivity contribution in [2.75, 3.05) is 6.61 Å². The van der Waals surface area contributed by atoms with Crippen molar-refractivity contribution < 1.29 is 30.6 Å². The molecule has 0 amide bonds. The van der Waals surface area contributed by atoms with E-state index in [4.69, 9.17) is 0 Å². The van der Waals surface area contributed by atoms with Gasteiger partial charge in [-0.25, -0.2) is 0 Å². The minimum absolute atomic E-state index is 0.127. The fourth-order valence-electron chi connectivity index (χ4n) is 9.29. The highest BCUT2D eigenvalue weighted by Gasteiger charge is 2.71. The monoisotopic (exact) mass is 480 g/mol. The largest absolute Gasteiger partial charge is 0.396 e. The molecule has 34 heavy (non-hydrogen) atoms. The summed E-state index contributed by atoms with van der Waals surface area (Å²) in [7, 11) is 0. The maximum absolute atomic E-state index is 12.3. The van der Waals surface area contributed by atoms with Crippen LogP contribution in [0.15, 0.2) is 12.2 Å². The molecule has 8 unspecified atom stereocenters. The van der Waals surface area contributed by atoms with Gasteiger partial charge in [-0.1, -0.05) is 46.8 Å². The average Bonchev–Trinajstić information content (AvgIpc) is 3.05. The third-order valence-electron chi connectivity index (χ3n) is 11.3. The molecule has 4 fully saturated rings. The molecule has 4 saturated carbocycles. The van der Waals surface area contributed by atoms with E-state index in [0.29, 0.717) is 19.3 Å². The molecule has 0 aliphatic heterocycles. The van der Waals surface area contributed by atoms with Gasteiger partial charge >= 0.3 is 0 Å². The van der Waals surface area contributed by atoms with E-state index in [9.17, 15) is 30.6 Å². The standard InChI is InChI=1S/C28H48O6/c1-15(17(3)14-29)6-7-16(2)18-12-20(31)25-26(18,4)11-9-22-27(5)10-8-19(30)24(33)23(27)21(32)13-28(22,25)34/h6-7,15-25,29-34H,8-14H2,1-5H3/b7-6+/t15?,16?,17?,18?,19-,20+,21?,22?,23?,24-,25?,26+,27+,28-/m0/s1. The minimum atomic E-state index is -1.20. The second-order valence-corrected chi connectivity index (χ2v) is 13.1. The molecule has 6 nitrogen and oxygen atoms in total.